The van der Waals surface area contributed by atoms with E-state index in [1.54, 1.807) is 10.7 Å². The Labute approximate surface area is 177 Å². The molecule has 0 radical (unpaired) electrons. The molecule has 5 rings (SSSR count). The number of nitrogens with zero attached hydrogens (tertiary/aromatic N) is 4. The van der Waals surface area contributed by atoms with Gasteiger partial charge in [0.15, 0.2) is 5.69 Å². The highest BCUT2D eigenvalue weighted by Crippen LogP contribution is 2.20. The maximum absolute atomic E-state index is 13.0. The van der Waals surface area contributed by atoms with Crippen LogP contribution < -0.4 is 5.32 Å². The van der Waals surface area contributed by atoms with Crippen LogP contribution in [0.2, 0.25) is 5.02 Å². The molecular formula is C23H18ClN5O. The number of pyridine rings is 1. The molecule has 0 aliphatic carbocycles. The molecule has 1 amide bonds. The number of nitrogens with one attached hydrogen (secondary N) is 1. The fourth-order valence-corrected chi connectivity index (χ4v) is 3.69. The normalized spacial score (nSPS) is 11.2. The monoisotopic (exact) mass is 415 g/mol. The lowest BCUT2D eigenvalue weighted by Gasteiger charge is -2.04. The predicted molar refractivity (Wildman–Crippen MR) is 117 cm³/mol. The molecule has 0 aliphatic heterocycles. The van der Waals surface area contributed by atoms with Gasteiger partial charge in [-0.1, -0.05) is 48.0 Å². The highest BCUT2D eigenvalue weighted by atomic mass is 35.5. The Morgan fingerprint density at radius 2 is 1.73 bits per heavy atom. The van der Waals surface area contributed by atoms with Gasteiger partial charge in [0.2, 0.25) is 0 Å². The van der Waals surface area contributed by atoms with E-state index in [0.29, 0.717) is 23.8 Å². The molecule has 0 unspecified atom stereocenters. The van der Waals surface area contributed by atoms with E-state index in [4.69, 9.17) is 11.6 Å². The number of aromatic nitrogens is 4. The molecule has 7 heteroatoms. The van der Waals surface area contributed by atoms with Gasteiger partial charge in [-0.15, -0.1) is 0 Å². The van der Waals surface area contributed by atoms with Crippen LogP contribution in [0.25, 0.3) is 16.4 Å². The van der Waals surface area contributed by atoms with Crippen LogP contribution in [0.15, 0.2) is 79.1 Å². The maximum Gasteiger partial charge on any atom is 0.272 e. The van der Waals surface area contributed by atoms with Crippen LogP contribution in [0, 0.1) is 0 Å². The van der Waals surface area contributed by atoms with Crippen molar-refractivity contribution in [3.05, 3.63) is 101 Å². The van der Waals surface area contributed by atoms with Crippen LogP contribution in [-0.2, 0) is 13.1 Å². The van der Waals surface area contributed by atoms with Crippen molar-refractivity contribution in [3.63, 3.8) is 0 Å². The van der Waals surface area contributed by atoms with Gasteiger partial charge < -0.3 is 5.32 Å². The number of halogens is 1. The minimum absolute atomic E-state index is 0.212. The first-order valence-electron chi connectivity index (χ1n) is 9.58. The number of rotatable bonds is 5. The fraction of sp³-hybridized carbons (Fsp3) is 0.0870. The van der Waals surface area contributed by atoms with Crippen molar-refractivity contribution in [2.75, 3.05) is 0 Å². The molecule has 0 bridgehead atoms. The van der Waals surface area contributed by atoms with E-state index in [1.165, 1.54) is 0 Å². The molecule has 3 aromatic heterocycles. The molecule has 6 nitrogen and oxygen atoms in total. The molecule has 0 atom stereocenters. The van der Waals surface area contributed by atoms with E-state index in [-0.39, 0.29) is 5.91 Å². The highest BCUT2D eigenvalue weighted by Gasteiger charge is 2.17. The number of carbonyl (C=O) groups excluding carboxylic acids is 1. The van der Waals surface area contributed by atoms with E-state index in [2.05, 4.69) is 15.5 Å². The van der Waals surface area contributed by atoms with E-state index >= 15 is 0 Å². The summed E-state index contributed by atoms with van der Waals surface area (Å²) in [5.41, 5.74) is 4.31. The second kappa shape index (κ2) is 7.65. The number of hydrogen-bond acceptors (Lipinski definition) is 3. The Hall–Kier alpha value is -3.64. The Kier molecular flexibility index (Phi) is 4.69. The first-order chi connectivity index (χ1) is 14.7. The summed E-state index contributed by atoms with van der Waals surface area (Å²) in [6.07, 6.45) is 3.65. The van der Waals surface area contributed by atoms with Gasteiger partial charge in [0.05, 0.1) is 23.8 Å². The van der Waals surface area contributed by atoms with Gasteiger partial charge in [-0.3, -0.25) is 9.48 Å². The van der Waals surface area contributed by atoms with Crippen LogP contribution in [0.1, 0.15) is 21.6 Å². The molecule has 2 aromatic carbocycles. The van der Waals surface area contributed by atoms with Gasteiger partial charge in [0.25, 0.3) is 5.91 Å². The quantitative estimate of drug-likeness (QED) is 0.465. The van der Waals surface area contributed by atoms with Crippen molar-refractivity contribution in [1.29, 1.82) is 0 Å². The lowest BCUT2D eigenvalue weighted by molar-refractivity contribution is 0.0947. The third kappa shape index (κ3) is 3.42. The van der Waals surface area contributed by atoms with Gasteiger partial charge in [-0.05, 0) is 35.9 Å². The SMILES string of the molecule is O=C(NCc1cnn2ccccc12)c1nn(Cc2ccc(Cl)cc2)c2ccccc12. The number of amides is 1. The number of para-hydroxylation sites is 1. The highest BCUT2D eigenvalue weighted by molar-refractivity contribution is 6.30. The zero-order valence-corrected chi connectivity index (χ0v) is 16.8. The number of carbonyl (C=O) groups is 1. The van der Waals surface area contributed by atoms with Crippen molar-refractivity contribution >= 4 is 33.9 Å². The predicted octanol–water partition coefficient (Wildman–Crippen LogP) is 4.32. The second-order valence-electron chi connectivity index (χ2n) is 7.03. The third-order valence-corrected chi connectivity index (χ3v) is 5.32. The molecule has 0 fully saturated rings. The summed E-state index contributed by atoms with van der Waals surface area (Å²) in [6, 6.07) is 21.2. The minimum atomic E-state index is -0.212. The van der Waals surface area contributed by atoms with E-state index in [0.717, 1.165) is 27.5 Å². The molecule has 3 heterocycles. The average Bonchev–Trinajstić information content (AvgIpc) is 3.36. The van der Waals surface area contributed by atoms with Gasteiger partial charge in [-0.2, -0.15) is 10.2 Å². The summed E-state index contributed by atoms with van der Waals surface area (Å²) >= 11 is 5.99. The van der Waals surface area contributed by atoms with Gasteiger partial charge in [0, 0.05) is 28.7 Å². The van der Waals surface area contributed by atoms with Gasteiger partial charge in [0.1, 0.15) is 0 Å². The summed E-state index contributed by atoms with van der Waals surface area (Å²) < 4.78 is 3.64. The first kappa shape index (κ1) is 18.4. The zero-order valence-electron chi connectivity index (χ0n) is 16.0. The average molecular weight is 416 g/mol. The van der Waals surface area contributed by atoms with Crippen LogP contribution in [-0.4, -0.2) is 25.3 Å². The van der Waals surface area contributed by atoms with Crippen LogP contribution in [0.5, 0.6) is 0 Å². The smallest absolute Gasteiger partial charge is 0.272 e. The van der Waals surface area contributed by atoms with Crippen molar-refractivity contribution in [3.8, 4) is 0 Å². The molecule has 0 spiro atoms. The Morgan fingerprint density at radius 3 is 2.60 bits per heavy atom. The van der Waals surface area contributed by atoms with Crippen molar-refractivity contribution in [2.45, 2.75) is 13.1 Å². The van der Waals surface area contributed by atoms with Crippen LogP contribution >= 0.6 is 11.6 Å². The molecule has 5 aromatic rings. The molecule has 0 aliphatic rings. The maximum atomic E-state index is 13.0. The first-order valence-corrected chi connectivity index (χ1v) is 9.96. The van der Waals surface area contributed by atoms with Crippen LogP contribution in [0.4, 0.5) is 0 Å². The third-order valence-electron chi connectivity index (χ3n) is 5.06. The molecule has 30 heavy (non-hydrogen) atoms. The van der Waals surface area contributed by atoms with Crippen LogP contribution in [0.3, 0.4) is 0 Å². The Balaban J connectivity index is 1.42. The van der Waals surface area contributed by atoms with E-state index in [1.807, 2.05) is 77.6 Å². The standard InChI is InChI=1S/C23H18ClN5O/c24-18-10-8-16(9-11-18)15-29-21-7-2-1-5-19(21)22(27-29)23(30)25-13-17-14-26-28-12-4-3-6-20(17)28/h1-12,14H,13,15H2,(H,25,30). The lowest BCUT2D eigenvalue weighted by atomic mass is 10.2. The second-order valence-corrected chi connectivity index (χ2v) is 7.47. The number of fused-ring (bicyclic) bond motifs is 2. The number of hydrogen-bond donors (Lipinski definition) is 1. The van der Waals surface area contributed by atoms with Crippen molar-refractivity contribution < 1.29 is 4.79 Å². The van der Waals surface area contributed by atoms with E-state index in [9.17, 15) is 4.79 Å². The van der Waals surface area contributed by atoms with Gasteiger partial charge >= 0.3 is 0 Å². The molecule has 0 saturated heterocycles. The summed E-state index contributed by atoms with van der Waals surface area (Å²) in [7, 11) is 0. The summed E-state index contributed by atoms with van der Waals surface area (Å²) in [5.74, 6) is -0.212. The zero-order chi connectivity index (χ0) is 20.5. The molecular weight excluding hydrogens is 398 g/mol. The topological polar surface area (TPSA) is 64.2 Å². The Bertz CT molecular complexity index is 1350. The molecule has 148 valence electrons. The number of benzene rings is 2. The summed E-state index contributed by atoms with van der Waals surface area (Å²) in [4.78, 5) is 13.0. The molecule has 0 saturated carbocycles. The van der Waals surface area contributed by atoms with Crippen molar-refractivity contribution in [2.24, 2.45) is 0 Å². The minimum Gasteiger partial charge on any atom is -0.346 e. The largest absolute Gasteiger partial charge is 0.346 e. The van der Waals surface area contributed by atoms with E-state index < -0.39 is 0 Å². The molecule has 1 N–H and O–H groups in total. The summed E-state index contributed by atoms with van der Waals surface area (Å²) in [6.45, 7) is 0.934. The fourth-order valence-electron chi connectivity index (χ4n) is 3.56. The Morgan fingerprint density at radius 1 is 0.967 bits per heavy atom. The van der Waals surface area contributed by atoms with Crippen molar-refractivity contribution in [1.82, 2.24) is 24.7 Å². The lowest BCUT2D eigenvalue weighted by Crippen LogP contribution is -2.23. The summed E-state index contributed by atoms with van der Waals surface area (Å²) in [5, 5.41) is 13.4. The van der Waals surface area contributed by atoms with Gasteiger partial charge in [-0.25, -0.2) is 4.52 Å².